The predicted molar refractivity (Wildman–Crippen MR) is 63.8 cm³/mol. The Morgan fingerprint density at radius 1 is 1.44 bits per heavy atom. The fourth-order valence-electron chi connectivity index (χ4n) is 1.85. The molecule has 16 heavy (non-hydrogen) atoms. The van der Waals surface area contributed by atoms with Gasteiger partial charge in [0.2, 0.25) is 0 Å². The van der Waals surface area contributed by atoms with E-state index < -0.39 is 0 Å². The summed E-state index contributed by atoms with van der Waals surface area (Å²) in [5.74, 6) is 0.366. The molecule has 0 spiro atoms. The number of aromatic nitrogens is 1. The Morgan fingerprint density at radius 2 is 2.25 bits per heavy atom. The lowest BCUT2D eigenvalue weighted by Crippen LogP contribution is -2.21. The zero-order valence-electron chi connectivity index (χ0n) is 9.39. The maximum absolute atomic E-state index is 6.17. The first-order chi connectivity index (χ1) is 7.72. The largest absolute Gasteiger partial charge is 0.443 e. The van der Waals surface area contributed by atoms with Crippen molar-refractivity contribution in [3.05, 3.63) is 30.2 Å². The lowest BCUT2D eigenvalue weighted by molar-refractivity contribution is 0.444. The molecule has 0 aliphatic rings. The Bertz CT molecular complexity index is 466. The second kappa shape index (κ2) is 4.63. The molecule has 0 aliphatic carbocycles. The van der Waals surface area contributed by atoms with Gasteiger partial charge in [-0.3, -0.25) is 0 Å². The van der Waals surface area contributed by atoms with Crippen molar-refractivity contribution in [1.82, 2.24) is 4.98 Å². The van der Waals surface area contributed by atoms with E-state index in [1.807, 2.05) is 18.2 Å². The van der Waals surface area contributed by atoms with E-state index in [0.717, 1.165) is 23.1 Å². The van der Waals surface area contributed by atoms with Gasteiger partial charge in [-0.05, 0) is 36.6 Å². The van der Waals surface area contributed by atoms with E-state index in [2.05, 4.69) is 11.9 Å². The standard InChI is InChI=1S/C12H17N3O/c1-8(4-5-13)12(14)9-2-3-10-11(6-9)16-7-15-10/h2-3,6-8,12H,4-5,13-14H2,1H3. The molecule has 2 rings (SSSR count). The molecule has 0 bridgehead atoms. The van der Waals surface area contributed by atoms with Crippen molar-refractivity contribution in [2.45, 2.75) is 19.4 Å². The van der Waals surface area contributed by atoms with Gasteiger partial charge in [0.15, 0.2) is 12.0 Å². The average molecular weight is 219 g/mol. The van der Waals surface area contributed by atoms with Gasteiger partial charge in [0.25, 0.3) is 0 Å². The zero-order valence-corrected chi connectivity index (χ0v) is 9.39. The van der Waals surface area contributed by atoms with E-state index in [1.54, 1.807) is 0 Å². The highest BCUT2D eigenvalue weighted by Crippen LogP contribution is 2.24. The molecule has 0 amide bonds. The third-order valence-electron chi connectivity index (χ3n) is 2.98. The van der Waals surface area contributed by atoms with E-state index >= 15 is 0 Å². The second-order valence-corrected chi connectivity index (χ2v) is 4.16. The minimum atomic E-state index is -0.00181. The van der Waals surface area contributed by atoms with Crippen LogP contribution in [-0.4, -0.2) is 11.5 Å². The summed E-state index contributed by atoms with van der Waals surface area (Å²) in [4.78, 5) is 4.07. The Kier molecular flexibility index (Phi) is 3.22. The minimum Gasteiger partial charge on any atom is -0.443 e. The Balaban J connectivity index is 2.24. The van der Waals surface area contributed by atoms with E-state index in [1.165, 1.54) is 6.39 Å². The van der Waals surface area contributed by atoms with Crippen LogP contribution in [0.1, 0.15) is 24.9 Å². The molecule has 0 saturated heterocycles. The maximum atomic E-state index is 6.17. The molecule has 0 saturated carbocycles. The van der Waals surface area contributed by atoms with Gasteiger partial charge in [0, 0.05) is 6.04 Å². The number of nitrogens with zero attached hydrogens (tertiary/aromatic N) is 1. The third-order valence-corrected chi connectivity index (χ3v) is 2.98. The third kappa shape index (κ3) is 2.08. The maximum Gasteiger partial charge on any atom is 0.181 e. The summed E-state index contributed by atoms with van der Waals surface area (Å²) < 4.78 is 5.26. The highest BCUT2D eigenvalue weighted by molar-refractivity contribution is 5.72. The van der Waals surface area contributed by atoms with Crippen molar-refractivity contribution in [3.63, 3.8) is 0 Å². The highest BCUT2D eigenvalue weighted by atomic mass is 16.3. The molecular weight excluding hydrogens is 202 g/mol. The predicted octanol–water partition coefficient (Wildman–Crippen LogP) is 1.81. The lowest BCUT2D eigenvalue weighted by atomic mass is 9.93. The van der Waals surface area contributed by atoms with Gasteiger partial charge < -0.3 is 15.9 Å². The topological polar surface area (TPSA) is 78.1 Å². The molecule has 86 valence electrons. The molecule has 2 aromatic rings. The van der Waals surface area contributed by atoms with E-state index in [4.69, 9.17) is 15.9 Å². The Hall–Kier alpha value is -1.39. The molecule has 2 unspecified atom stereocenters. The minimum absolute atomic E-state index is 0.00181. The molecule has 1 aromatic heterocycles. The lowest BCUT2D eigenvalue weighted by Gasteiger charge is -2.19. The van der Waals surface area contributed by atoms with Crippen LogP contribution in [0.4, 0.5) is 0 Å². The van der Waals surface area contributed by atoms with Crippen LogP contribution in [0.3, 0.4) is 0 Å². The number of hydrogen-bond acceptors (Lipinski definition) is 4. The van der Waals surface area contributed by atoms with Crippen LogP contribution in [-0.2, 0) is 0 Å². The highest BCUT2D eigenvalue weighted by Gasteiger charge is 2.15. The molecule has 1 aromatic carbocycles. The first-order valence-corrected chi connectivity index (χ1v) is 5.51. The molecule has 1 heterocycles. The number of fused-ring (bicyclic) bond motifs is 1. The smallest absolute Gasteiger partial charge is 0.181 e. The van der Waals surface area contributed by atoms with E-state index in [-0.39, 0.29) is 6.04 Å². The molecule has 0 aliphatic heterocycles. The van der Waals surface area contributed by atoms with Crippen molar-refractivity contribution >= 4 is 11.1 Å². The van der Waals surface area contributed by atoms with Crippen molar-refractivity contribution in [3.8, 4) is 0 Å². The van der Waals surface area contributed by atoms with Crippen LogP contribution in [0.2, 0.25) is 0 Å². The number of nitrogens with two attached hydrogens (primary N) is 2. The number of rotatable bonds is 4. The molecule has 2 atom stereocenters. The summed E-state index contributed by atoms with van der Waals surface area (Å²) in [6, 6.07) is 5.89. The molecule has 4 nitrogen and oxygen atoms in total. The Morgan fingerprint density at radius 3 is 3.00 bits per heavy atom. The van der Waals surface area contributed by atoms with Crippen LogP contribution >= 0.6 is 0 Å². The summed E-state index contributed by atoms with van der Waals surface area (Å²) in [6.45, 7) is 2.78. The van der Waals surface area contributed by atoms with Gasteiger partial charge in [0.1, 0.15) is 5.52 Å². The summed E-state index contributed by atoms with van der Waals surface area (Å²) in [6.07, 6.45) is 2.37. The van der Waals surface area contributed by atoms with Gasteiger partial charge in [0.05, 0.1) is 0 Å². The number of benzene rings is 1. The monoisotopic (exact) mass is 219 g/mol. The van der Waals surface area contributed by atoms with Crippen molar-refractivity contribution in [2.24, 2.45) is 17.4 Å². The zero-order chi connectivity index (χ0) is 11.5. The number of hydrogen-bond donors (Lipinski definition) is 2. The van der Waals surface area contributed by atoms with E-state index in [9.17, 15) is 0 Å². The van der Waals surface area contributed by atoms with Crippen molar-refractivity contribution in [2.75, 3.05) is 6.54 Å². The van der Waals surface area contributed by atoms with Crippen LogP contribution in [0.15, 0.2) is 29.0 Å². The van der Waals surface area contributed by atoms with Crippen LogP contribution in [0, 0.1) is 5.92 Å². The number of oxazole rings is 1. The second-order valence-electron chi connectivity index (χ2n) is 4.16. The summed E-state index contributed by atoms with van der Waals surface area (Å²) >= 11 is 0. The van der Waals surface area contributed by atoms with Gasteiger partial charge in [-0.1, -0.05) is 13.0 Å². The molecule has 4 heteroatoms. The van der Waals surface area contributed by atoms with Crippen molar-refractivity contribution < 1.29 is 4.42 Å². The van der Waals surface area contributed by atoms with Gasteiger partial charge in [-0.15, -0.1) is 0 Å². The Labute approximate surface area is 94.6 Å². The summed E-state index contributed by atoms with van der Waals surface area (Å²) in [7, 11) is 0. The van der Waals surface area contributed by atoms with Crippen LogP contribution < -0.4 is 11.5 Å². The molecule has 0 radical (unpaired) electrons. The van der Waals surface area contributed by atoms with Crippen molar-refractivity contribution in [1.29, 1.82) is 0 Å². The first kappa shape index (κ1) is 11.1. The fraction of sp³-hybridized carbons (Fsp3) is 0.417. The van der Waals surface area contributed by atoms with Crippen LogP contribution in [0.5, 0.6) is 0 Å². The first-order valence-electron chi connectivity index (χ1n) is 5.51. The summed E-state index contributed by atoms with van der Waals surface area (Å²) in [5, 5.41) is 0. The molecule has 4 N–H and O–H groups in total. The van der Waals surface area contributed by atoms with E-state index in [0.29, 0.717) is 12.5 Å². The van der Waals surface area contributed by atoms with Crippen LogP contribution in [0.25, 0.3) is 11.1 Å². The molecule has 0 fully saturated rings. The van der Waals surface area contributed by atoms with Gasteiger partial charge >= 0.3 is 0 Å². The van der Waals surface area contributed by atoms with Gasteiger partial charge in [-0.25, -0.2) is 4.98 Å². The normalized spacial score (nSPS) is 15.2. The quantitative estimate of drug-likeness (QED) is 0.822. The SMILES string of the molecule is CC(CCN)C(N)c1ccc2ncoc2c1. The summed E-state index contributed by atoms with van der Waals surface area (Å²) in [5.41, 5.74) is 14.4. The van der Waals surface area contributed by atoms with Gasteiger partial charge in [-0.2, -0.15) is 0 Å². The molecular formula is C12H17N3O. The fourth-order valence-corrected chi connectivity index (χ4v) is 1.85. The average Bonchev–Trinajstić information content (AvgIpc) is 2.75.